The first kappa shape index (κ1) is 12.9. The molecular formula is C13H18N6. The summed E-state index contributed by atoms with van der Waals surface area (Å²) < 4.78 is 0. The molecule has 1 aromatic carbocycles. The molecule has 7 N–H and O–H groups in total. The molecule has 0 fully saturated rings. The van der Waals surface area contributed by atoms with Crippen molar-refractivity contribution in [2.45, 2.75) is 13.3 Å². The van der Waals surface area contributed by atoms with Gasteiger partial charge in [0.05, 0.1) is 0 Å². The second kappa shape index (κ2) is 5.43. The molecule has 19 heavy (non-hydrogen) atoms. The number of fused-ring (bicyclic) bond motifs is 1. The molecule has 1 heterocycles. The van der Waals surface area contributed by atoms with Crippen LogP contribution >= 0.6 is 0 Å². The van der Waals surface area contributed by atoms with Gasteiger partial charge in [0.1, 0.15) is 0 Å². The highest BCUT2D eigenvalue weighted by Gasteiger charge is 2.03. The summed E-state index contributed by atoms with van der Waals surface area (Å²) in [5.41, 5.74) is 19.5. The monoisotopic (exact) mass is 258 g/mol. The molecule has 2 rings (SSSR count). The van der Waals surface area contributed by atoms with E-state index in [1.165, 1.54) is 16.5 Å². The van der Waals surface area contributed by atoms with Gasteiger partial charge in [0.15, 0.2) is 5.96 Å². The minimum atomic E-state index is -0.0798. The Kier molecular flexibility index (Phi) is 3.70. The van der Waals surface area contributed by atoms with Crippen LogP contribution in [0.5, 0.6) is 0 Å². The Labute approximate surface area is 111 Å². The molecule has 6 heteroatoms. The number of aryl methyl sites for hydroxylation is 1. The van der Waals surface area contributed by atoms with Crippen molar-refractivity contribution in [1.29, 1.82) is 0 Å². The van der Waals surface area contributed by atoms with Crippen molar-refractivity contribution in [1.82, 2.24) is 4.98 Å². The average Bonchev–Trinajstić information content (AvgIpc) is 2.70. The third-order valence-corrected chi connectivity index (χ3v) is 2.82. The van der Waals surface area contributed by atoms with Gasteiger partial charge in [-0.1, -0.05) is 12.1 Å². The number of aromatic nitrogens is 1. The molecule has 0 saturated carbocycles. The third kappa shape index (κ3) is 3.25. The zero-order valence-corrected chi connectivity index (χ0v) is 10.9. The molecule has 0 aliphatic carbocycles. The minimum Gasteiger partial charge on any atom is -0.370 e. The summed E-state index contributed by atoms with van der Waals surface area (Å²) in [5.74, 6) is 0.0273. The normalized spacial score (nSPS) is 11.7. The predicted molar refractivity (Wildman–Crippen MR) is 79.0 cm³/mol. The SMILES string of the molecule is Cc1ccc2c(CCN=C(N)N=C(N)N)c[nH]c2c1. The fourth-order valence-corrected chi connectivity index (χ4v) is 1.97. The van der Waals surface area contributed by atoms with E-state index >= 15 is 0 Å². The van der Waals surface area contributed by atoms with Crippen LogP contribution in [0.15, 0.2) is 34.4 Å². The van der Waals surface area contributed by atoms with Crippen LogP contribution in [0.1, 0.15) is 11.1 Å². The first-order chi connectivity index (χ1) is 9.06. The number of hydrogen-bond donors (Lipinski definition) is 4. The van der Waals surface area contributed by atoms with E-state index in [1.807, 2.05) is 6.20 Å². The molecule has 1 aromatic heterocycles. The summed E-state index contributed by atoms with van der Waals surface area (Å²) in [5, 5.41) is 1.21. The van der Waals surface area contributed by atoms with Gasteiger partial charge in [-0.05, 0) is 30.5 Å². The zero-order chi connectivity index (χ0) is 13.8. The number of guanidine groups is 2. The molecule has 2 aromatic rings. The Bertz CT molecular complexity index is 634. The highest BCUT2D eigenvalue weighted by molar-refractivity contribution is 5.92. The molecule has 0 saturated heterocycles. The quantitative estimate of drug-likeness (QED) is 0.477. The Balaban J connectivity index is 2.08. The van der Waals surface area contributed by atoms with Crippen molar-refractivity contribution in [2.24, 2.45) is 27.2 Å². The van der Waals surface area contributed by atoms with E-state index in [1.54, 1.807) is 0 Å². The Morgan fingerprint density at radius 3 is 2.79 bits per heavy atom. The lowest BCUT2D eigenvalue weighted by Crippen LogP contribution is -2.26. The van der Waals surface area contributed by atoms with Crippen molar-refractivity contribution in [3.63, 3.8) is 0 Å². The maximum atomic E-state index is 5.54. The lowest BCUT2D eigenvalue weighted by molar-refractivity contribution is 0.969. The number of hydrogen-bond acceptors (Lipinski definition) is 1. The van der Waals surface area contributed by atoms with Gasteiger partial charge >= 0.3 is 0 Å². The number of aromatic amines is 1. The number of nitrogens with two attached hydrogens (primary N) is 3. The third-order valence-electron chi connectivity index (χ3n) is 2.82. The van der Waals surface area contributed by atoms with Gasteiger partial charge in [-0.15, -0.1) is 0 Å². The number of H-pyrrole nitrogens is 1. The van der Waals surface area contributed by atoms with E-state index < -0.39 is 0 Å². The summed E-state index contributed by atoms with van der Waals surface area (Å²) in [4.78, 5) is 11.0. The number of benzene rings is 1. The largest absolute Gasteiger partial charge is 0.370 e. The van der Waals surface area contributed by atoms with Crippen LogP contribution in [0.3, 0.4) is 0 Å². The second-order valence-electron chi connectivity index (χ2n) is 4.39. The second-order valence-corrected chi connectivity index (χ2v) is 4.39. The molecule has 0 aliphatic heterocycles. The van der Waals surface area contributed by atoms with Crippen molar-refractivity contribution in [3.05, 3.63) is 35.5 Å². The van der Waals surface area contributed by atoms with Gasteiger partial charge in [0.25, 0.3) is 0 Å². The van der Waals surface area contributed by atoms with Crippen molar-refractivity contribution in [3.8, 4) is 0 Å². The molecule has 6 nitrogen and oxygen atoms in total. The number of nitrogens with one attached hydrogen (secondary N) is 1. The van der Waals surface area contributed by atoms with Crippen LogP contribution in [0, 0.1) is 6.92 Å². The maximum absolute atomic E-state index is 5.54. The first-order valence-electron chi connectivity index (χ1n) is 6.02. The molecule has 0 bridgehead atoms. The van der Waals surface area contributed by atoms with E-state index in [0.717, 1.165) is 11.9 Å². The van der Waals surface area contributed by atoms with E-state index in [9.17, 15) is 0 Å². The molecule has 0 spiro atoms. The topological polar surface area (TPSA) is 119 Å². The molecule has 0 unspecified atom stereocenters. The van der Waals surface area contributed by atoms with Crippen LogP contribution < -0.4 is 17.2 Å². The molecule has 0 aliphatic rings. The van der Waals surface area contributed by atoms with E-state index in [-0.39, 0.29) is 11.9 Å². The molecule has 0 amide bonds. The molecular weight excluding hydrogens is 240 g/mol. The fourth-order valence-electron chi connectivity index (χ4n) is 1.97. The molecule has 0 radical (unpaired) electrons. The van der Waals surface area contributed by atoms with Crippen LogP contribution in [-0.4, -0.2) is 23.4 Å². The number of nitrogens with zero attached hydrogens (tertiary/aromatic N) is 2. The van der Waals surface area contributed by atoms with Crippen molar-refractivity contribution < 1.29 is 0 Å². The zero-order valence-electron chi connectivity index (χ0n) is 10.9. The highest BCUT2D eigenvalue weighted by atomic mass is 15.1. The van der Waals surface area contributed by atoms with E-state index in [0.29, 0.717) is 6.54 Å². The summed E-state index contributed by atoms with van der Waals surface area (Å²) >= 11 is 0. The van der Waals surface area contributed by atoms with Crippen LogP contribution in [0.2, 0.25) is 0 Å². The van der Waals surface area contributed by atoms with Crippen molar-refractivity contribution in [2.75, 3.05) is 6.54 Å². The summed E-state index contributed by atoms with van der Waals surface area (Å²) in [7, 11) is 0. The van der Waals surface area contributed by atoms with Gasteiger partial charge in [0, 0.05) is 23.6 Å². The average molecular weight is 258 g/mol. The standard InChI is InChI=1S/C13H18N6/c1-8-2-3-10-9(7-18-11(10)6-8)4-5-17-13(16)19-12(14)15/h2-3,6-7,18H,4-5H2,1H3,(H6,14,15,16,17,19). The maximum Gasteiger partial charge on any atom is 0.218 e. The van der Waals surface area contributed by atoms with Gasteiger partial charge in [-0.25, -0.2) is 0 Å². The fraction of sp³-hybridized carbons (Fsp3) is 0.231. The van der Waals surface area contributed by atoms with E-state index in [2.05, 4.69) is 40.1 Å². The Morgan fingerprint density at radius 2 is 2.05 bits per heavy atom. The molecule has 100 valence electrons. The van der Waals surface area contributed by atoms with Crippen LogP contribution in [-0.2, 0) is 6.42 Å². The van der Waals surface area contributed by atoms with Crippen LogP contribution in [0.25, 0.3) is 10.9 Å². The van der Waals surface area contributed by atoms with Crippen molar-refractivity contribution >= 4 is 22.8 Å². The summed E-state index contributed by atoms with van der Waals surface area (Å²) in [6.07, 6.45) is 2.78. The van der Waals surface area contributed by atoms with Gasteiger partial charge in [-0.2, -0.15) is 4.99 Å². The lowest BCUT2D eigenvalue weighted by Gasteiger charge is -1.98. The number of aliphatic imine (C=N–C) groups is 2. The van der Waals surface area contributed by atoms with Gasteiger partial charge in [0.2, 0.25) is 5.96 Å². The predicted octanol–water partition coefficient (Wildman–Crippen LogP) is 0.607. The summed E-state index contributed by atoms with van der Waals surface area (Å²) in [6.45, 7) is 2.61. The lowest BCUT2D eigenvalue weighted by atomic mass is 10.1. The van der Waals surface area contributed by atoms with E-state index in [4.69, 9.17) is 17.2 Å². The molecule has 0 atom stereocenters. The van der Waals surface area contributed by atoms with Gasteiger partial charge in [-0.3, -0.25) is 4.99 Å². The Hall–Kier alpha value is -2.50. The van der Waals surface area contributed by atoms with Gasteiger partial charge < -0.3 is 22.2 Å². The number of rotatable bonds is 3. The highest BCUT2D eigenvalue weighted by Crippen LogP contribution is 2.19. The first-order valence-corrected chi connectivity index (χ1v) is 6.02. The smallest absolute Gasteiger partial charge is 0.218 e. The summed E-state index contributed by atoms with van der Waals surface area (Å²) in [6, 6.07) is 6.33. The minimum absolute atomic E-state index is 0.0798. The van der Waals surface area contributed by atoms with Crippen LogP contribution in [0.4, 0.5) is 0 Å². The Morgan fingerprint density at radius 1 is 1.26 bits per heavy atom.